The average Bonchev–Trinajstić information content (AvgIpc) is 3.28. The lowest BCUT2D eigenvalue weighted by atomic mass is 10.2. The number of nitrogens with zero attached hydrogens (tertiary/aromatic N) is 7. The highest BCUT2D eigenvalue weighted by Crippen LogP contribution is 2.24. The van der Waals surface area contributed by atoms with E-state index in [1.54, 1.807) is 16.8 Å². The van der Waals surface area contributed by atoms with Crippen LogP contribution in [-0.4, -0.2) is 68.6 Å². The van der Waals surface area contributed by atoms with E-state index in [1.165, 1.54) is 6.33 Å². The van der Waals surface area contributed by atoms with Crippen LogP contribution in [0.4, 0.5) is 5.82 Å². The van der Waals surface area contributed by atoms with Gasteiger partial charge in [-0.05, 0) is 42.8 Å². The van der Waals surface area contributed by atoms with Gasteiger partial charge >= 0.3 is 0 Å². The van der Waals surface area contributed by atoms with Gasteiger partial charge in [0.2, 0.25) is 0 Å². The fourth-order valence-electron chi connectivity index (χ4n) is 3.84. The maximum Gasteiger partial charge on any atom is 0.260 e. The summed E-state index contributed by atoms with van der Waals surface area (Å²) in [4.78, 5) is 25.4. The van der Waals surface area contributed by atoms with Crippen LogP contribution in [0.25, 0.3) is 16.9 Å². The molecular formula is C23H22ClN7O2. The highest BCUT2D eigenvalue weighted by molar-refractivity contribution is 6.30. The first-order chi connectivity index (χ1) is 16.1. The minimum atomic E-state index is -0.0283. The zero-order chi connectivity index (χ0) is 22.8. The summed E-state index contributed by atoms with van der Waals surface area (Å²) < 4.78 is 7.38. The van der Waals surface area contributed by atoms with Crippen molar-refractivity contribution in [3.05, 3.63) is 65.4 Å². The van der Waals surface area contributed by atoms with Crippen molar-refractivity contribution in [2.45, 2.75) is 6.92 Å². The van der Waals surface area contributed by atoms with Crippen molar-refractivity contribution in [1.29, 1.82) is 0 Å². The van der Waals surface area contributed by atoms with E-state index in [-0.39, 0.29) is 12.5 Å². The van der Waals surface area contributed by atoms with Gasteiger partial charge in [0.05, 0.1) is 5.69 Å². The Labute approximate surface area is 195 Å². The molecule has 1 amide bonds. The first-order valence-electron chi connectivity index (χ1n) is 10.6. The van der Waals surface area contributed by atoms with Gasteiger partial charge in [0, 0.05) is 31.2 Å². The standard InChI is InChI=1S/C23H22ClN7O2/c1-16-4-2-3-5-19(16)33-14-20(32)29-10-12-30(13-11-29)22-21-23(26-15-25-22)31(28-27-21)18-8-6-17(24)7-9-18/h2-9,15H,10-14H2,1H3. The Morgan fingerprint density at radius 2 is 1.79 bits per heavy atom. The third-order valence-corrected chi connectivity index (χ3v) is 5.92. The minimum Gasteiger partial charge on any atom is -0.484 e. The van der Waals surface area contributed by atoms with Gasteiger partial charge in [0.1, 0.15) is 12.1 Å². The molecule has 0 bridgehead atoms. The van der Waals surface area contributed by atoms with Crippen molar-refractivity contribution >= 4 is 34.5 Å². The van der Waals surface area contributed by atoms with E-state index in [0.717, 1.165) is 17.0 Å². The van der Waals surface area contributed by atoms with Crippen LogP contribution in [0.15, 0.2) is 54.9 Å². The molecule has 0 spiro atoms. The van der Waals surface area contributed by atoms with Crippen LogP contribution in [-0.2, 0) is 4.79 Å². The van der Waals surface area contributed by atoms with E-state index in [1.807, 2.05) is 48.2 Å². The Kier molecular flexibility index (Phi) is 5.78. The molecule has 0 radical (unpaired) electrons. The molecule has 0 unspecified atom stereocenters. The second-order valence-electron chi connectivity index (χ2n) is 7.77. The Morgan fingerprint density at radius 3 is 2.55 bits per heavy atom. The predicted octanol–water partition coefficient (Wildman–Crippen LogP) is 2.90. The molecular weight excluding hydrogens is 442 g/mol. The molecule has 0 N–H and O–H groups in total. The highest BCUT2D eigenvalue weighted by atomic mass is 35.5. The lowest BCUT2D eigenvalue weighted by Crippen LogP contribution is -2.50. The molecule has 0 atom stereocenters. The highest BCUT2D eigenvalue weighted by Gasteiger charge is 2.25. The number of rotatable bonds is 5. The van der Waals surface area contributed by atoms with Gasteiger partial charge in [0.25, 0.3) is 5.91 Å². The number of benzene rings is 2. The van der Waals surface area contributed by atoms with Crippen molar-refractivity contribution in [2.75, 3.05) is 37.7 Å². The minimum absolute atomic E-state index is 0.0258. The smallest absolute Gasteiger partial charge is 0.260 e. The normalized spacial score (nSPS) is 14.0. The van der Waals surface area contributed by atoms with Gasteiger partial charge in [-0.25, -0.2) is 9.97 Å². The van der Waals surface area contributed by atoms with Gasteiger partial charge in [-0.15, -0.1) is 5.10 Å². The number of fused-ring (bicyclic) bond motifs is 1. The van der Waals surface area contributed by atoms with Gasteiger partial charge in [-0.1, -0.05) is 35.0 Å². The van der Waals surface area contributed by atoms with Crippen molar-refractivity contribution in [3.63, 3.8) is 0 Å². The number of hydrogen-bond donors (Lipinski definition) is 0. The molecule has 9 nitrogen and oxygen atoms in total. The SMILES string of the molecule is Cc1ccccc1OCC(=O)N1CCN(c2ncnc3c2nnn3-c2ccc(Cl)cc2)CC1. The van der Waals surface area contributed by atoms with Crippen molar-refractivity contribution < 1.29 is 9.53 Å². The van der Waals surface area contributed by atoms with E-state index < -0.39 is 0 Å². The van der Waals surface area contributed by atoms with Crippen LogP contribution < -0.4 is 9.64 Å². The zero-order valence-electron chi connectivity index (χ0n) is 18.1. The number of aryl methyl sites for hydroxylation is 1. The van der Waals surface area contributed by atoms with Crippen LogP contribution >= 0.6 is 11.6 Å². The fraction of sp³-hybridized carbons (Fsp3) is 0.261. The summed E-state index contributed by atoms with van der Waals surface area (Å²) in [6.45, 7) is 4.41. The lowest BCUT2D eigenvalue weighted by molar-refractivity contribution is -0.133. The molecule has 2 aromatic heterocycles. The Balaban J connectivity index is 1.26. The summed E-state index contributed by atoms with van der Waals surface area (Å²) in [6, 6.07) is 15.0. The van der Waals surface area contributed by atoms with Crippen molar-refractivity contribution in [2.24, 2.45) is 0 Å². The number of hydrogen-bond acceptors (Lipinski definition) is 7. The molecule has 3 heterocycles. The largest absolute Gasteiger partial charge is 0.484 e. The van der Waals surface area contributed by atoms with Crippen LogP contribution in [0.5, 0.6) is 5.75 Å². The molecule has 33 heavy (non-hydrogen) atoms. The molecule has 1 fully saturated rings. The van der Waals surface area contributed by atoms with Crippen LogP contribution in [0.2, 0.25) is 5.02 Å². The van der Waals surface area contributed by atoms with E-state index >= 15 is 0 Å². The molecule has 2 aromatic carbocycles. The monoisotopic (exact) mass is 463 g/mol. The summed E-state index contributed by atoms with van der Waals surface area (Å²) >= 11 is 6.00. The molecule has 1 aliphatic rings. The molecule has 1 saturated heterocycles. The number of ether oxygens (including phenoxy) is 1. The molecule has 168 valence electrons. The first-order valence-corrected chi connectivity index (χ1v) is 11.0. The second-order valence-corrected chi connectivity index (χ2v) is 8.21. The molecule has 0 aliphatic carbocycles. The van der Waals surface area contributed by atoms with Crippen LogP contribution in [0.1, 0.15) is 5.56 Å². The Morgan fingerprint density at radius 1 is 1.03 bits per heavy atom. The molecule has 1 aliphatic heterocycles. The Hall–Kier alpha value is -3.72. The van der Waals surface area contributed by atoms with Gasteiger partial charge in [0.15, 0.2) is 23.6 Å². The summed E-state index contributed by atoms with van der Waals surface area (Å²) in [5.74, 6) is 1.42. The number of para-hydroxylation sites is 1. The van der Waals surface area contributed by atoms with Gasteiger partial charge in [-0.2, -0.15) is 4.68 Å². The van der Waals surface area contributed by atoms with E-state index in [0.29, 0.717) is 48.2 Å². The van der Waals surface area contributed by atoms with Gasteiger partial charge in [-0.3, -0.25) is 4.79 Å². The number of carbonyl (C=O) groups is 1. The first kappa shape index (κ1) is 21.1. The van der Waals surface area contributed by atoms with Crippen LogP contribution in [0.3, 0.4) is 0 Å². The Bertz CT molecular complexity index is 1280. The van der Waals surface area contributed by atoms with Crippen LogP contribution in [0, 0.1) is 6.92 Å². The summed E-state index contributed by atoms with van der Waals surface area (Å²) in [5, 5.41) is 9.25. The van der Waals surface area contributed by atoms with E-state index in [9.17, 15) is 4.79 Å². The molecule has 5 rings (SSSR count). The topological polar surface area (TPSA) is 89.3 Å². The second kappa shape index (κ2) is 9.03. The molecule has 4 aromatic rings. The zero-order valence-corrected chi connectivity index (χ0v) is 18.8. The third kappa shape index (κ3) is 4.31. The summed E-state index contributed by atoms with van der Waals surface area (Å²) in [6.07, 6.45) is 1.51. The number of amides is 1. The number of piperazine rings is 1. The van der Waals surface area contributed by atoms with Crippen molar-refractivity contribution in [3.8, 4) is 11.4 Å². The predicted molar refractivity (Wildman–Crippen MR) is 125 cm³/mol. The third-order valence-electron chi connectivity index (χ3n) is 5.67. The molecule has 0 saturated carbocycles. The van der Waals surface area contributed by atoms with E-state index in [4.69, 9.17) is 16.3 Å². The number of anilines is 1. The maximum atomic E-state index is 12.6. The number of carbonyl (C=O) groups excluding carboxylic acids is 1. The summed E-state index contributed by atoms with van der Waals surface area (Å²) in [5.41, 5.74) is 3.06. The van der Waals surface area contributed by atoms with E-state index in [2.05, 4.69) is 25.2 Å². The molecule has 10 heteroatoms. The number of aromatic nitrogens is 5. The average molecular weight is 464 g/mol. The maximum absolute atomic E-state index is 12.6. The van der Waals surface area contributed by atoms with Crippen molar-refractivity contribution in [1.82, 2.24) is 29.9 Å². The number of halogens is 1. The fourth-order valence-corrected chi connectivity index (χ4v) is 3.97. The quantitative estimate of drug-likeness (QED) is 0.449. The van der Waals surface area contributed by atoms with Gasteiger partial charge < -0.3 is 14.5 Å². The lowest BCUT2D eigenvalue weighted by Gasteiger charge is -2.35. The summed E-state index contributed by atoms with van der Waals surface area (Å²) in [7, 11) is 0.